The quantitative estimate of drug-likeness (QED) is 0.429. The van der Waals surface area contributed by atoms with E-state index in [1.165, 1.54) is 24.8 Å². The molecule has 0 amide bonds. The Morgan fingerprint density at radius 2 is 2.00 bits per heavy atom. The van der Waals surface area contributed by atoms with E-state index in [-0.39, 0.29) is 24.0 Å². The molecule has 25 heavy (non-hydrogen) atoms. The number of aliphatic imine (C=N–C) groups is 1. The van der Waals surface area contributed by atoms with Gasteiger partial charge in [-0.25, -0.2) is 4.98 Å². The molecule has 1 aromatic heterocycles. The number of nitrogens with zero attached hydrogens (tertiary/aromatic N) is 5. The standard InChI is InChI=1S/C18H26N6.HI/c1-19-18(21-9-12-24-15-20-14-22-24)23-10-7-17(8-11-23)13-16-5-3-2-4-6-16;/h2-6,14-15,17H,7-13H2,1H3,(H,19,21);1H. The highest BCUT2D eigenvalue weighted by atomic mass is 127. The molecule has 2 aromatic rings. The summed E-state index contributed by atoms with van der Waals surface area (Å²) < 4.78 is 1.83. The third-order valence-corrected chi connectivity index (χ3v) is 4.58. The van der Waals surface area contributed by atoms with Crippen molar-refractivity contribution in [3.8, 4) is 0 Å². The molecule has 7 heteroatoms. The highest BCUT2D eigenvalue weighted by Crippen LogP contribution is 2.21. The van der Waals surface area contributed by atoms with E-state index < -0.39 is 0 Å². The number of halogens is 1. The molecule has 2 heterocycles. The molecular formula is C18H27IN6. The maximum Gasteiger partial charge on any atom is 0.193 e. The van der Waals surface area contributed by atoms with Gasteiger partial charge in [0.25, 0.3) is 0 Å². The van der Waals surface area contributed by atoms with Gasteiger partial charge in [0.2, 0.25) is 0 Å². The van der Waals surface area contributed by atoms with Crippen molar-refractivity contribution in [2.75, 3.05) is 26.7 Å². The third kappa shape index (κ3) is 5.98. The fraction of sp³-hybridized carbons (Fsp3) is 0.500. The normalized spacial score (nSPS) is 15.7. The van der Waals surface area contributed by atoms with E-state index in [1.54, 1.807) is 12.7 Å². The van der Waals surface area contributed by atoms with Gasteiger partial charge in [-0.3, -0.25) is 9.67 Å². The minimum absolute atomic E-state index is 0. The van der Waals surface area contributed by atoms with Gasteiger partial charge in [0.1, 0.15) is 12.7 Å². The molecule has 0 unspecified atom stereocenters. The van der Waals surface area contributed by atoms with Gasteiger partial charge in [0, 0.05) is 26.7 Å². The van der Waals surface area contributed by atoms with Crippen molar-refractivity contribution in [1.82, 2.24) is 25.0 Å². The number of hydrogen-bond donors (Lipinski definition) is 1. The maximum atomic E-state index is 4.43. The highest BCUT2D eigenvalue weighted by Gasteiger charge is 2.21. The van der Waals surface area contributed by atoms with Crippen molar-refractivity contribution in [2.45, 2.75) is 25.8 Å². The number of benzene rings is 1. The average Bonchev–Trinajstić information content (AvgIpc) is 3.14. The Balaban J connectivity index is 0.00000225. The zero-order valence-electron chi connectivity index (χ0n) is 14.7. The number of hydrogen-bond acceptors (Lipinski definition) is 3. The van der Waals surface area contributed by atoms with E-state index in [9.17, 15) is 0 Å². The van der Waals surface area contributed by atoms with Crippen molar-refractivity contribution >= 4 is 29.9 Å². The molecule has 136 valence electrons. The van der Waals surface area contributed by atoms with E-state index in [2.05, 4.69) is 55.6 Å². The lowest BCUT2D eigenvalue weighted by Crippen LogP contribution is -2.46. The lowest BCUT2D eigenvalue weighted by molar-refractivity contribution is 0.259. The molecule has 1 saturated heterocycles. The third-order valence-electron chi connectivity index (χ3n) is 4.58. The number of nitrogens with one attached hydrogen (secondary N) is 1. The van der Waals surface area contributed by atoms with Gasteiger partial charge in [-0.1, -0.05) is 30.3 Å². The summed E-state index contributed by atoms with van der Waals surface area (Å²) >= 11 is 0. The number of rotatable bonds is 5. The Bertz CT molecular complexity index is 620. The van der Waals surface area contributed by atoms with Gasteiger partial charge < -0.3 is 10.2 Å². The smallest absolute Gasteiger partial charge is 0.193 e. The summed E-state index contributed by atoms with van der Waals surface area (Å²) in [6.45, 7) is 3.74. The van der Waals surface area contributed by atoms with Crippen molar-refractivity contribution < 1.29 is 0 Å². The van der Waals surface area contributed by atoms with Gasteiger partial charge in [0.05, 0.1) is 6.54 Å². The number of aromatic nitrogens is 3. The first-order valence-electron chi connectivity index (χ1n) is 8.67. The summed E-state index contributed by atoms with van der Waals surface area (Å²) in [5.74, 6) is 1.77. The Kier molecular flexibility index (Phi) is 8.17. The molecule has 0 atom stereocenters. The minimum atomic E-state index is 0. The summed E-state index contributed by atoms with van der Waals surface area (Å²) in [6, 6.07) is 10.8. The summed E-state index contributed by atoms with van der Waals surface area (Å²) in [5.41, 5.74) is 1.45. The van der Waals surface area contributed by atoms with Crippen LogP contribution in [0.1, 0.15) is 18.4 Å². The van der Waals surface area contributed by atoms with Crippen LogP contribution in [0, 0.1) is 5.92 Å². The monoisotopic (exact) mass is 454 g/mol. The van der Waals surface area contributed by atoms with Crippen LogP contribution in [0.3, 0.4) is 0 Å². The van der Waals surface area contributed by atoms with Crippen LogP contribution in [-0.2, 0) is 13.0 Å². The molecule has 0 saturated carbocycles. The lowest BCUT2D eigenvalue weighted by Gasteiger charge is -2.34. The molecule has 1 fully saturated rings. The van der Waals surface area contributed by atoms with Crippen molar-refractivity contribution in [2.24, 2.45) is 10.9 Å². The van der Waals surface area contributed by atoms with E-state index in [1.807, 2.05) is 11.7 Å². The second-order valence-electron chi connectivity index (χ2n) is 6.25. The fourth-order valence-electron chi connectivity index (χ4n) is 3.26. The summed E-state index contributed by atoms with van der Waals surface area (Å²) in [5, 5.41) is 7.54. The summed E-state index contributed by atoms with van der Waals surface area (Å²) in [4.78, 5) is 10.7. The molecule has 0 aliphatic carbocycles. The van der Waals surface area contributed by atoms with Gasteiger partial charge in [0.15, 0.2) is 5.96 Å². The zero-order chi connectivity index (χ0) is 16.6. The Morgan fingerprint density at radius 3 is 2.64 bits per heavy atom. The van der Waals surface area contributed by atoms with E-state index in [4.69, 9.17) is 0 Å². The Labute approximate surface area is 166 Å². The SMILES string of the molecule is CN=C(NCCn1cncn1)N1CCC(Cc2ccccc2)CC1.I. The van der Waals surface area contributed by atoms with Crippen LogP contribution >= 0.6 is 24.0 Å². The van der Waals surface area contributed by atoms with Gasteiger partial charge in [-0.15, -0.1) is 24.0 Å². The van der Waals surface area contributed by atoms with Crippen molar-refractivity contribution in [3.63, 3.8) is 0 Å². The molecule has 6 nitrogen and oxygen atoms in total. The summed E-state index contributed by atoms with van der Waals surface area (Å²) in [7, 11) is 1.86. The Morgan fingerprint density at radius 1 is 1.24 bits per heavy atom. The predicted octanol–water partition coefficient (Wildman–Crippen LogP) is 2.43. The molecule has 1 N–H and O–H groups in total. The molecule has 0 spiro atoms. The first-order chi connectivity index (χ1) is 11.8. The van der Waals surface area contributed by atoms with Crippen LogP contribution in [0.15, 0.2) is 48.0 Å². The largest absolute Gasteiger partial charge is 0.354 e. The first-order valence-corrected chi connectivity index (χ1v) is 8.67. The predicted molar refractivity (Wildman–Crippen MR) is 111 cm³/mol. The van der Waals surface area contributed by atoms with E-state index in [0.717, 1.165) is 38.1 Å². The van der Waals surface area contributed by atoms with E-state index in [0.29, 0.717) is 0 Å². The minimum Gasteiger partial charge on any atom is -0.354 e. The second kappa shape index (κ2) is 10.4. The number of piperidine rings is 1. The van der Waals surface area contributed by atoms with Crippen LogP contribution < -0.4 is 5.32 Å². The van der Waals surface area contributed by atoms with Crippen LogP contribution in [-0.4, -0.2) is 52.3 Å². The molecule has 1 aliphatic rings. The zero-order valence-corrected chi connectivity index (χ0v) is 17.0. The van der Waals surface area contributed by atoms with Gasteiger partial charge in [-0.05, 0) is 30.7 Å². The van der Waals surface area contributed by atoms with Crippen LogP contribution in [0.2, 0.25) is 0 Å². The van der Waals surface area contributed by atoms with Crippen LogP contribution in [0.5, 0.6) is 0 Å². The van der Waals surface area contributed by atoms with Crippen molar-refractivity contribution in [3.05, 3.63) is 48.5 Å². The summed E-state index contributed by atoms with van der Waals surface area (Å²) in [6.07, 6.45) is 6.93. The molecule has 1 aliphatic heterocycles. The van der Waals surface area contributed by atoms with Gasteiger partial charge >= 0.3 is 0 Å². The molecule has 0 radical (unpaired) electrons. The lowest BCUT2D eigenvalue weighted by atomic mass is 9.90. The first kappa shape index (κ1) is 19.7. The molecule has 1 aromatic carbocycles. The van der Waals surface area contributed by atoms with Crippen LogP contribution in [0.4, 0.5) is 0 Å². The molecule has 3 rings (SSSR count). The Hall–Kier alpha value is -1.64. The van der Waals surface area contributed by atoms with Crippen molar-refractivity contribution in [1.29, 1.82) is 0 Å². The maximum absolute atomic E-state index is 4.43. The van der Waals surface area contributed by atoms with E-state index >= 15 is 0 Å². The number of guanidine groups is 1. The fourth-order valence-corrected chi connectivity index (χ4v) is 3.26. The highest BCUT2D eigenvalue weighted by molar-refractivity contribution is 14.0. The number of likely N-dealkylation sites (tertiary alicyclic amines) is 1. The van der Waals surface area contributed by atoms with Crippen LogP contribution in [0.25, 0.3) is 0 Å². The van der Waals surface area contributed by atoms with Gasteiger partial charge in [-0.2, -0.15) is 5.10 Å². The molecule has 0 bridgehead atoms. The second-order valence-corrected chi connectivity index (χ2v) is 6.25. The topological polar surface area (TPSA) is 58.3 Å². The average molecular weight is 454 g/mol. The molecular weight excluding hydrogens is 427 g/mol.